The van der Waals surface area contributed by atoms with Gasteiger partial charge in [0, 0.05) is 31.4 Å². The van der Waals surface area contributed by atoms with Gasteiger partial charge in [-0.1, -0.05) is 11.6 Å². The van der Waals surface area contributed by atoms with Crippen LogP contribution in [0, 0.1) is 5.82 Å². The van der Waals surface area contributed by atoms with E-state index < -0.39 is 5.82 Å². The van der Waals surface area contributed by atoms with Gasteiger partial charge in [-0.05, 0) is 25.1 Å². The normalized spacial score (nSPS) is 19.2. The third kappa shape index (κ3) is 4.59. The topological polar surface area (TPSA) is 44.4 Å². The molecule has 0 spiro atoms. The summed E-state index contributed by atoms with van der Waals surface area (Å²) in [7, 11) is 0. The van der Waals surface area contributed by atoms with Crippen molar-refractivity contribution >= 4 is 35.6 Å². The zero-order chi connectivity index (χ0) is 13.8. The molecule has 0 aromatic heterocycles. The maximum atomic E-state index is 13.0. The summed E-state index contributed by atoms with van der Waals surface area (Å²) in [6, 6.07) is 4.48. The van der Waals surface area contributed by atoms with Crippen molar-refractivity contribution in [3.05, 3.63) is 29.0 Å². The van der Waals surface area contributed by atoms with E-state index in [1.807, 2.05) is 0 Å². The number of carbonyl (C=O) groups is 1. The van der Waals surface area contributed by atoms with Gasteiger partial charge >= 0.3 is 0 Å². The van der Waals surface area contributed by atoms with Crippen LogP contribution >= 0.6 is 24.0 Å². The zero-order valence-electron chi connectivity index (χ0n) is 11.2. The van der Waals surface area contributed by atoms with E-state index in [-0.39, 0.29) is 23.3 Å². The fraction of sp³-hybridized carbons (Fsp3) is 0.462. The van der Waals surface area contributed by atoms with Crippen molar-refractivity contribution in [1.82, 2.24) is 10.2 Å². The van der Waals surface area contributed by atoms with Gasteiger partial charge in [-0.15, -0.1) is 12.4 Å². The number of rotatable bonds is 3. The predicted molar refractivity (Wildman–Crippen MR) is 81.2 cm³/mol. The molecule has 0 bridgehead atoms. The van der Waals surface area contributed by atoms with Gasteiger partial charge in [-0.3, -0.25) is 9.69 Å². The molecule has 1 aromatic rings. The Morgan fingerprint density at radius 1 is 1.60 bits per heavy atom. The summed E-state index contributed by atoms with van der Waals surface area (Å²) in [5.74, 6) is -0.605. The Kier molecular flexibility index (Phi) is 6.68. The fourth-order valence-electron chi connectivity index (χ4n) is 2.08. The zero-order valence-corrected chi connectivity index (χ0v) is 12.7. The van der Waals surface area contributed by atoms with Gasteiger partial charge in [0.2, 0.25) is 5.91 Å². The Balaban J connectivity index is 0.00000200. The summed E-state index contributed by atoms with van der Waals surface area (Å²) < 4.78 is 13.0. The summed E-state index contributed by atoms with van der Waals surface area (Å²) in [6.07, 6.45) is 0. The van der Waals surface area contributed by atoms with Crippen molar-refractivity contribution in [1.29, 1.82) is 0 Å². The second-order valence-corrected chi connectivity index (χ2v) is 5.11. The molecule has 1 aromatic carbocycles. The highest BCUT2D eigenvalue weighted by Crippen LogP contribution is 2.19. The van der Waals surface area contributed by atoms with Gasteiger partial charge in [0.15, 0.2) is 0 Å². The summed E-state index contributed by atoms with van der Waals surface area (Å²) in [4.78, 5) is 14.0. The van der Waals surface area contributed by atoms with Crippen LogP contribution in [-0.4, -0.2) is 43.0 Å². The minimum absolute atomic E-state index is 0. The van der Waals surface area contributed by atoms with Crippen LogP contribution in [0.15, 0.2) is 18.2 Å². The number of nitrogens with one attached hydrogen (secondary N) is 2. The molecule has 0 aliphatic carbocycles. The number of amides is 1. The monoisotopic (exact) mass is 321 g/mol. The highest BCUT2D eigenvalue weighted by Gasteiger charge is 2.20. The van der Waals surface area contributed by atoms with Gasteiger partial charge in [0.1, 0.15) is 5.82 Å². The molecule has 7 heteroatoms. The molecule has 2 N–H and O–H groups in total. The molecule has 4 nitrogen and oxygen atoms in total. The number of benzene rings is 1. The van der Waals surface area contributed by atoms with Crippen LogP contribution in [0.4, 0.5) is 10.1 Å². The molecule has 1 aliphatic rings. The van der Waals surface area contributed by atoms with Gasteiger partial charge < -0.3 is 10.6 Å². The van der Waals surface area contributed by atoms with E-state index in [0.29, 0.717) is 18.3 Å². The Morgan fingerprint density at radius 3 is 3.00 bits per heavy atom. The van der Waals surface area contributed by atoms with Crippen LogP contribution in [0.2, 0.25) is 5.02 Å². The first-order valence-corrected chi connectivity index (χ1v) is 6.64. The number of piperazine rings is 1. The molecule has 1 atom stereocenters. The van der Waals surface area contributed by atoms with Gasteiger partial charge in [0.25, 0.3) is 0 Å². The first-order valence-electron chi connectivity index (χ1n) is 6.26. The number of hydrogen-bond donors (Lipinski definition) is 2. The van der Waals surface area contributed by atoms with Crippen molar-refractivity contribution < 1.29 is 9.18 Å². The van der Waals surface area contributed by atoms with Crippen molar-refractivity contribution in [2.75, 3.05) is 31.5 Å². The summed E-state index contributed by atoms with van der Waals surface area (Å²) in [5, 5.41) is 6.00. The molecule has 0 unspecified atom stereocenters. The van der Waals surface area contributed by atoms with Crippen LogP contribution < -0.4 is 10.6 Å². The van der Waals surface area contributed by atoms with Crippen LogP contribution in [0.5, 0.6) is 0 Å². The molecule has 0 radical (unpaired) electrons. The molecule has 112 valence electrons. The number of carbonyl (C=O) groups excluding carboxylic acids is 1. The summed E-state index contributed by atoms with van der Waals surface area (Å²) in [5.41, 5.74) is 0.513. The van der Waals surface area contributed by atoms with E-state index in [1.165, 1.54) is 18.2 Å². The summed E-state index contributed by atoms with van der Waals surface area (Å²) >= 11 is 5.67. The van der Waals surface area contributed by atoms with E-state index in [0.717, 1.165) is 19.6 Å². The van der Waals surface area contributed by atoms with Crippen molar-refractivity contribution in [2.45, 2.75) is 13.0 Å². The molecule has 2 rings (SSSR count). The highest BCUT2D eigenvalue weighted by atomic mass is 35.5. The maximum absolute atomic E-state index is 13.0. The lowest BCUT2D eigenvalue weighted by atomic mass is 10.2. The van der Waals surface area contributed by atoms with Crippen molar-refractivity contribution in [3.8, 4) is 0 Å². The molecule has 1 aliphatic heterocycles. The molecule has 1 saturated heterocycles. The highest BCUT2D eigenvalue weighted by molar-refractivity contribution is 6.31. The van der Waals surface area contributed by atoms with Crippen LogP contribution in [-0.2, 0) is 4.79 Å². The quantitative estimate of drug-likeness (QED) is 0.896. The Morgan fingerprint density at radius 2 is 2.35 bits per heavy atom. The predicted octanol–water partition coefficient (Wildman–Crippen LogP) is 2.13. The van der Waals surface area contributed by atoms with Gasteiger partial charge in [-0.25, -0.2) is 4.39 Å². The van der Waals surface area contributed by atoms with Crippen molar-refractivity contribution in [3.63, 3.8) is 0 Å². The second kappa shape index (κ2) is 7.78. The van der Waals surface area contributed by atoms with E-state index in [9.17, 15) is 9.18 Å². The third-order valence-electron chi connectivity index (χ3n) is 3.19. The smallest absolute Gasteiger partial charge is 0.238 e. The third-order valence-corrected chi connectivity index (χ3v) is 3.48. The Bertz CT molecular complexity index is 473. The lowest BCUT2D eigenvalue weighted by molar-refractivity contribution is -0.118. The minimum Gasteiger partial charge on any atom is -0.325 e. The lowest BCUT2D eigenvalue weighted by Crippen LogP contribution is -2.51. The van der Waals surface area contributed by atoms with Crippen LogP contribution in [0.25, 0.3) is 0 Å². The molecule has 1 amide bonds. The van der Waals surface area contributed by atoms with Gasteiger partial charge in [-0.2, -0.15) is 0 Å². The average Bonchev–Trinajstić information content (AvgIpc) is 2.37. The molecule has 1 heterocycles. The molecular formula is C13H18Cl2FN3O. The summed E-state index contributed by atoms with van der Waals surface area (Å²) in [6.45, 7) is 5.03. The number of anilines is 1. The van der Waals surface area contributed by atoms with Crippen LogP contribution in [0.1, 0.15) is 6.92 Å². The van der Waals surface area contributed by atoms with Crippen molar-refractivity contribution in [2.24, 2.45) is 0 Å². The van der Waals surface area contributed by atoms with E-state index >= 15 is 0 Å². The first-order chi connectivity index (χ1) is 9.06. The Hall–Kier alpha value is -0.880. The maximum Gasteiger partial charge on any atom is 0.238 e. The van der Waals surface area contributed by atoms with Gasteiger partial charge in [0.05, 0.1) is 11.6 Å². The van der Waals surface area contributed by atoms with E-state index in [2.05, 4.69) is 22.5 Å². The molecule has 0 saturated carbocycles. The number of nitrogens with zero attached hydrogens (tertiary/aromatic N) is 1. The standard InChI is InChI=1S/C13H17ClFN3O.ClH/c1-9-7-16-4-5-18(9)8-13(19)17-10-2-3-12(15)11(14)6-10;/h2-3,6,9,16H,4-5,7-8H2,1H3,(H,17,19);1H/t9-;/m0./s1. The lowest BCUT2D eigenvalue weighted by Gasteiger charge is -2.33. The molecular weight excluding hydrogens is 304 g/mol. The van der Waals surface area contributed by atoms with Crippen LogP contribution in [0.3, 0.4) is 0 Å². The largest absolute Gasteiger partial charge is 0.325 e. The second-order valence-electron chi connectivity index (χ2n) is 4.70. The number of hydrogen-bond acceptors (Lipinski definition) is 3. The molecule has 20 heavy (non-hydrogen) atoms. The van der Waals surface area contributed by atoms with E-state index in [1.54, 1.807) is 0 Å². The molecule has 1 fully saturated rings. The fourth-order valence-corrected chi connectivity index (χ4v) is 2.26. The first kappa shape index (κ1) is 17.2. The SMILES string of the molecule is C[C@H]1CNCCN1CC(=O)Nc1ccc(F)c(Cl)c1.Cl. The van der Waals surface area contributed by atoms with E-state index in [4.69, 9.17) is 11.6 Å². The number of halogens is 3. The average molecular weight is 322 g/mol. The Labute approximate surface area is 129 Å². The minimum atomic E-state index is -0.490.